The zero-order valence-corrected chi connectivity index (χ0v) is 24.9. The summed E-state index contributed by atoms with van der Waals surface area (Å²) < 4.78 is 0. The summed E-state index contributed by atoms with van der Waals surface area (Å²) in [5, 5.41) is 27.0. The number of thioether (sulfide) groups is 1. The van der Waals surface area contributed by atoms with Crippen LogP contribution in [0.4, 0.5) is 0 Å². The van der Waals surface area contributed by atoms with Crippen molar-refractivity contribution in [3.8, 4) is 5.75 Å². The Hall–Kier alpha value is -4.30. The van der Waals surface area contributed by atoms with Crippen LogP contribution < -0.4 is 33.2 Å². The van der Waals surface area contributed by atoms with Crippen LogP contribution in [-0.4, -0.2) is 82.6 Å². The standard InChI is InChI=1S/C29H41N7O6S/c1-43-15-13-22(26(39)35-23(28(41)42)8-5-14-33-29(31)32)34-27(40)24(17-18-6-3-2-4-7-18)36-25(38)21(30)16-19-9-11-20(37)12-10-19/h2-4,6-7,9-12,21-24,37H,5,8,13-17,30H2,1H3,(H,34,40)(H,35,39)(H,36,38)(H,41,42)(H4,31,32,33). The molecule has 43 heavy (non-hydrogen) atoms. The normalized spacial score (nSPS) is 13.5. The first-order valence-electron chi connectivity index (χ1n) is 13.8. The summed E-state index contributed by atoms with van der Waals surface area (Å²) in [5.74, 6) is -2.60. The predicted octanol–water partition coefficient (Wildman–Crippen LogP) is -0.150. The van der Waals surface area contributed by atoms with Crippen molar-refractivity contribution in [3.63, 3.8) is 0 Å². The molecule has 14 heteroatoms. The number of phenolic OH excluding ortho intramolecular Hbond substituents is 1. The average Bonchev–Trinajstić information content (AvgIpc) is 2.97. The lowest BCUT2D eigenvalue weighted by Crippen LogP contribution is -2.58. The summed E-state index contributed by atoms with van der Waals surface area (Å²) in [6, 6.07) is 11.0. The van der Waals surface area contributed by atoms with Crippen LogP contribution >= 0.6 is 11.8 Å². The van der Waals surface area contributed by atoms with Crippen LogP contribution in [0.25, 0.3) is 0 Å². The lowest BCUT2D eigenvalue weighted by molar-refractivity contribution is -0.142. The number of aliphatic imine (C=N–C) groups is 1. The van der Waals surface area contributed by atoms with E-state index in [1.165, 1.54) is 23.9 Å². The van der Waals surface area contributed by atoms with Crippen LogP contribution in [0.2, 0.25) is 0 Å². The fraction of sp³-hybridized carbons (Fsp3) is 0.414. The third-order valence-corrected chi connectivity index (χ3v) is 7.09. The number of nitrogens with one attached hydrogen (secondary N) is 3. The number of aliphatic carboxylic acids is 1. The maximum atomic E-state index is 13.5. The summed E-state index contributed by atoms with van der Waals surface area (Å²) in [6.45, 7) is 0.199. The highest BCUT2D eigenvalue weighted by Crippen LogP contribution is 2.12. The van der Waals surface area contributed by atoms with E-state index in [0.717, 1.165) is 11.1 Å². The molecule has 2 aromatic rings. The summed E-state index contributed by atoms with van der Waals surface area (Å²) in [5.41, 5.74) is 18.2. The van der Waals surface area contributed by atoms with Gasteiger partial charge >= 0.3 is 5.97 Å². The molecule has 3 amide bonds. The molecule has 11 N–H and O–H groups in total. The molecule has 0 aliphatic heterocycles. The summed E-state index contributed by atoms with van der Waals surface area (Å²) in [7, 11) is 0. The molecule has 0 aliphatic rings. The van der Waals surface area contributed by atoms with Gasteiger partial charge in [-0.15, -0.1) is 0 Å². The third kappa shape index (κ3) is 13.0. The molecule has 0 spiro atoms. The molecule has 0 saturated carbocycles. The summed E-state index contributed by atoms with van der Waals surface area (Å²) in [6.07, 6.45) is 2.76. The van der Waals surface area contributed by atoms with Gasteiger partial charge in [0, 0.05) is 13.0 Å². The number of hydrogen-bond acceptors (Lipinski definition) is 8. The van der Waals surface area contributed by atoms with Crippen molar-refractivity contribution < 1.29 is 29.4 Å². The highest BCUT2D eigenvalue weighted by atomic mass is 32.2. The highest BCUT2D eigenvalue weighted by molar-refractivity contribution is 7.98. The SMILES string of the molecule is CSCCC(NC(=O)C(Cc1ccccc1)NC(=O)C(N)Cc1ccc(O)cc1)C(=O)NC(CCCN=C(N)N)C(=O)O. The first-order valence-corrected chi connectivity index (χ1v) is 15.1. The number of nitrogens with zero attached hydrogens (tertiary/aromatic N) is 1. The van der Waals surface area contributed by atoms with E-state index in [0.29, 0.717) is 12.2 Å². The van der Waals surface area contributed by atoms with E-state index < -0.39 is 47.9 Å². The second kappa shape index (κ2) is 18.3. The quantitative estimate of drug-likeness (QED) is 0.0627. The number of phenols is 1. The first-order chi connectivity index (χ1) is 20.5. The second-order valence-electron chi connectivity index (χ2n) is 9.92. The Morgan fingerprint density at radius 3 is 2.00 bits per heavy atom. The van der Waals surface area contributed by atoms with Gasteiger partial charge in [-0.2, -0.15) is 11.8 Å². The van der Waals surface area contributed by atoms with E-state index in [2.05, 4.69) is 20.9 Å². The van der Waals surface area contributed by atoms with E-state index in [1.807, 2.05) is 12.3 Å². The Kier molecular flexibility index (Phi) is 14.8. The van der Waals surface area contributed by atoms with E-state index in [4.69, 9.17) is 17.2 Å². The smallest absolute Gasteiger partial charge is 0.326 e. The molecule has 4 unspecified atom stereocenters. The van der Waals surface area contributed by atoms with Crippen LogP contribution in [0, 0.1) is 0 Å². The number of carboxylic acids is 1. The van der Waals surface area contributed by atoms with Crippen molar-refractivity contribution in [2.75, 3.05) is 18.6 Å². The molecule has 0 bridgehead atoms. The van der Waals surface area contributed by atoms with E-state index >= 15 is 0 Å². The van der Waals surface area contributed by atoms with E-state index in [1.54, 1.807) is 36.4 Å². The number of benzene rings is 2. The second-order valence-corrected chi connectivity index (χ2v) is 10.9. The fourth-order valence-corrected chi connectivity index (χ4v) is 4.60. The number of carbonyl (C=O) groups is 4. The largest absolute Gasteiger partial charge is 0.508 e. The molecule has 0 aliphatic carbocycles. The van der Waals surface area contributed by atoms with Gasteiger partial charge in [0.25, 0.3) is 0 Å². The van der Waals surface area contributed by atoms with E-state index in [-0.39, 0.29) is 43.9 Å². The van der Waals surface area contributed by atoms with Gasteiger partial charge in [-0.25, -0.2) is 4.79 Å². The lowest BCUT2D eigenvalue weighted by atomic mass is 10.0. The molecule has 4 atom stereocenters. The van der Waals surface area contributed by atoms with Gasteiger partial charge in [0.15, 0.2) is 5.96 Å². The third-order valence-electron chi connectivity index (χ3n) is 6.45. The number of amides is 3. The number of rotatable bonds is 18. The van der Waals surface area contributed by atoms with Gasteiger partial charge in [-0.3, -0.25) is 19.4 Å². The van der Waals surface area contributed by atoms with Crippen molar-refractivity contribution in [1.82, 2.24) is 16.0 Å². The maximum absolute atomic E-state index is 13.5. The minimum atomic E-state index is -1.23. The van der Waals surface area contributed by atoms with Gasteiger partial charge in [0.05, 0.1) is 6.04 Å². The molecule has 0 saturated heterocycles. The zero-order chi connectivity index (χ0) is 31.8. The lowest BCUT2D eigenvalue weighted by Gasteiger charge is -2.25. The van der Waals surface area contributed by atoms with Crippen LogP contribution in [0.3, 0.4) is 0 Å². The molecule has 234 valence electrons. The summed E-state index contributed by atoms with van der Waals surface area (Å²) in [4.78, 5) is 55.4. The van der Waals surface area contributed by atoms with Crippen molar-refractivity contribution >= 4 is 41.4 Å². The number of aromatic hydroxyl groups is 1. The Labute approximate surface area is 255 Å². The van der Waals surface area contributed by atoms with Gasteiger partial charge < -0.3 is 43.4 Å². The molecule has 0 aromatic heterocycles. The number of nitrogens with two attached hydrogens (primary N) is 3. The number of guanidine groups is 1. The number of carbonyl (C=O) groups excluding carboxylic acids is 3. The van der Waals surface area contributed by atoms with Gasteiger partial charge in [0.1, 0.15) is 23.9 Å². The molecule has 2 aromatic carbocycles. The monoisotopic (exact) mass is 615 g/mol. The van der Waals surface area contributed by atoms with Crippen molar-refractivity contribution in [2.45, 2.75) is 56.3 Å². The van der Waals surface area contributed by atoms with Crippen LogP contribution in [0.15, 0.2) is 59.6 Å². The van der Waals surface area contributed by atoms with Gasteiger partial charge in [-0.05, 0) is 61.0 Å². The molecular weight excluding hydrogens is 574 g/mol. The Morgan fingerprint density at radius 1 is 0.814 bits per heavy atom. The van der Waals surface area contributed by atoms with Gasteiger partial charge in [0.2, 0.25) is 17.7 Å². The van der Waals surface area contributed by atoms with Crippen LogP contribution in [0.1, 0.15) is 30.4 Å². The first kappa shape index (κ1) is 34.9. The minimum Gasteiger partial charge on any atom is -0.508 e. The number of hydrogen-bond donors (Lipinski definition) is 8. The Bertz CT molecular complexity index is 1230. The van der Waals surface area contributed by atoms with E-state index in [9.17, 15) is 29.4 Å². The highest BCUT2D eigenvalue weighted by Gasteiger charge is 2.30. The Morgan fingerprint density at radius 2 is 1.40 bits per heavy atom. The molecular formula is C29H41N7O6S. The molecule has 0 fully saturated rings. The van der Waals surface area contributed by atoms with Crippen molar-refractivity contribution in [2.24, 2.45) is 22.2 Å². The van der Waals surface area contributed by atoms with Crippen LogP contribution in [0.5, 0.6) is 5.75 Å². The molecule has 0 radical (unpaired) electrons. The molecule has 2 rings (SSSR count). The summed E-state index contributed by atoms with van der Waals surface area (Å²) >= 11 is 1.46. The van der Waals surface area contributed by atoms with Crippen LogP contribution in [-0.2, 0) is 32.0 Å². The fourth-order valence-electron chi connectivity index (χ4n) is 4.13. The molecule has 0 heterocycles. The topological polar surface area (TPSA) is 235 Å². The average molecular weight is 616 g/mol. The predicted molar refractivity (Wildman–Crippen MR) is 166 cm³/mol. The van der Waals surface area contributed by atoms with Gasteiger partial charge in [-0.1, -0.05) is 42.5 Å². The van der Waals surface area contributed by atoms with Crippen molar-refractivity contribution in [3.05, 3.63) is 65.7 Å². The minimum absolute atomic E-state index is 0.0760. The maximum Gasteiger partial charge on any atom is 0.326 e. The number of carboxylic acid groups (broad SMARTS) is 1. The Balaban J connectivity index is 2.17. The zero-order valence-electron chi connectivity index (χ0n) is 24.1. The van der Waals surface area contributed by atoms with Crippen molar-refractivity contribution in [1.29, 1.82) is 0 Å². The molecule has 13 nitrogen and oxygen atoms in total.